The predicted octanol–water partition coefficient (Wildman–Crippen LogP) is 5.54. The van der Waals surface area contributed by atoms with Crippen LogP contribution < -0.4 is 24.6 Å². The maximum absolute atomic E-state index is 13.0. The van der Waals surface area contributed by atoms with Gasteiger partial charge in [-0.1, -0.05) is 36.4 Å². The second-order valence-electron chi connectivity index (χ2n) is 11.3. The summed E-state index contributed by atoms with van der Waals surface area (Å²) in [6, 6.07) is 22.4. The molecule has 6 rings (SSSR count). The number of nitrogens with zero attached hydrogens (tertiary/aromatic N) is 2. The molecule has 3 aliphatic heterocycles. The number of carbonyl (C=O) groups is 1. The molecule has 42 heavy (non-hydrogen) atoms. The second kappa shape index (κ2) is 13.6. The summed E-state index contributed by atoms with van der Waals surface area (Å²) in [5.74, 6) is 1.76. The van der Waals surface area contributed by atoms with E-state index in [0.29, 0.717) is 25.5 Å². The van der Waals surface area contributed by atoms with Crippen LogP contribution in [0.4, 0.5) is 16.2 Å². The molecule has 3 aliphatic rings. The lowest BCUT2D eigenvalue weighted by molar-refractivity contribution is 0.0106. The Balaban J connectivity index is 1.08. The Bertz CT molecular complexity index is 1350. The van der Waals surface area contributed by atoms with Gasteiger partial charge in [0.25, 0.3) is 0 Å². The molecule has 1 fully saturated rings. The lowest BCUT2D eigenvalue weighted by atomic mass is 9.87. The van der Waals surface area contributed by atoms with Crippen LogP contribution >= 0.6 is 0 Å². The third-order valence-corrected chi connectivity index (χ3v) is 8.49. The first kappa shape index (κ1) is 28.5. The van der Waals surface area contributed by atoms with Gasteiger partial charge in [0.15, 0.2) is 0 Å². The van der Waals surface area contributed by atoms with Crippen LogP contribution in [0.5, 0.6) is 11.5 Å². The number of rotatable bonds is 9. The molecule has 1 amide bonds. The highest BCUT2D eigenvalue weighted by molar-refractivity contribution is 5.90. The number of benzene rings is 3. The van der Waals surface area contributed by atoms with Crippen molar-refractivity contribution in [1.29, 1.82) is 0 Å². The Hall–Kier alpha value is -3.59. The van der Waals surface area contributed by atoms with Gasteiger partial charge in [0, 0.05) is 39.3 Å². The van der Waals surface area contributed by atoms with Gasteiger partial charge in [-0.3, -0.25) is 4.90 Å². The Morgan fingerprint density at radius 3 is 2.81 bits per heavy atom. The maximum Gasteiger partial charge on any atom is 0.419 e. The van der Waals surface area contributed by atoms with Crippen LogP contribution in [0, 0.1) is 0 Å². The Morgan fingerprint density at radius 1 is 1.05 bits per heavy atom. The molecule has 2 unspecified atom stereocenters. The predicted molar refractivity (Wildman–Crippen MR) is 164 cm³/mol. The molecule has 222 valence electrons. The van der Waals surface area contributed by atoms with Gasteiger partial charge in [0.1, 0.15) is 18.1 Å². The number of carbonyl (C=O) groups excluding carboxylic acids is 1. The van der Waals surface area contributed by atoms with Gasteiger partial charge in [-0.05, 0) is 79.3 Å². The monoisotopic (exact) mass is 571 g/mol. The van der Waals surface area contributed by atoms with Gasteiger partial charge in [0.05, 0.1) is 30.6 Å². The van der Waals surface area contributed by atoms with E-state index in [-0.39, 0.29) is 18.1 Å². The first-order valence-corrected chi connectivity index (χ1v) is 15.2. The summed E-state index contributed by atoms with van der Waals surface area (Å²) in [5, 5.41) is 3.50. The maximum atomic E-state index is 13.0. The van der Waals surface area contributed by atoms with Crippen molar-refractivity contribution >= 4 is 17.5 Å². The Morgan fingerprint density at radius 2 is 1.93 bits per heavy atom. The van der Waals surface area contributed by atoms with E-state index in [9.17, 15) is 4.79 Å². The standard InChI is InChI=1S/C34H41N3O5/c1-39-20-5-17-36-19-21-40-32-14-9-25(22-31(32)36)24-41-33-23-35-16-15-29(33)26-10-12-28(13-11-26)42-34(38)37-18-4-7-27-6-2-3-8-30(27)37/h2-3,6,8-14,22,29,33,35H,4-5,7,15-21,23-24H2,1H3. The molecular formula is C34H41N3O5. The molecule has 0 aliphatic carbocycles. The minimum atomic E-state index is -0.328. The van der Waals surface area contributed by atoms with E-state index in [0.717, 1.165) is 81.2 Å². The fourth-order valence-corrected chi connectivity index (χ4v) is 6.29. The van der Waals surface area contributed by atoms with Crippen molar-refractivity contribution in [3.8, 4) is 11.5 Å². The van der Waals surface area contributed by atoms with Crippen LogP contribution in [0.1, 0.15) is 41.9 Å². The van der Waals surface area contributed by atoms with Gasteiger partial charge in [-0.25, -0.2) is 4.79 Å². The number of amides is 1. The molecule has 8 nitrogen and oxygen atoms in total. The second-order valence-corrected chi connectivity index (χ2v) is 11.3. The number of hydrogen-bond donors (Lipinski definition) is 1. The van der Waals surface area contributed by atoms with Gasteiger partial charge in [-0.2, -0.15) is 0 Å². The fraction of sp³-hybridized carbons (Fsp3) is 0.441. The summed E-state index contributed by atoms with van der Waals surface area (Å²) in [5.41, 5.74) is 5.62. The van der Waals surface area contributed by atoms with Crippen molar-refractivity contribution in [1.82, 2.24) is 5.32 Å². The largest absolute Gasteiger partial charge is 0.490 e. The van der Waals surface area contributed by atoms with Crippen LogP contribution in [0.15, 0.2) is 66.7 Å². The SMILES string of the molecule is COCCCN1CCOc2ccc(COC3CNCCC3c3ccc(OC(=O)N4CCCc5ccccc54)cc3)cc21. The summed E-state index contributed by atoms with van der Waals surface area (Å²) in [7, 11) is 1.74. The molecular weight excluding hydrogens is 530 g/mol. The van der Waals surface area contributed by atoms with E-state index in [1.54, 1.807) is 12.0 Å². The summed E-state index contributed by atoms with van der Waals surface area (Å²) >= 11 is 0. The van der Waals surface area contributed by atoms with Crippen molar-refractivity contribution in [2.75, 3.05) is 62.8 Å². The number of fused-ring (bicyclic) bond motifs is 2. The van der Waals surface area contributed by atoms with Gasteiger partial charge >= 0.3 is 6.09 Å². The molecule has 8 heteroatoms. The van der Waals surface area contributed by atoms with Crippen LogP contribution in [0.3, 0.4) is 0 Å². The first-order chi connectivity index (χ1) is 20.7. The number of methoxy groups -OCH3 is 1. The molecule has 0 spiro atoms. The zero-order valence-corrected chi connectivity index (χ0v) is 24.4. The highest BCUT2D eigenvalue weighted by Gasteiger charge is 2.28. The van der Waals surface area contributed by atoms with Crippen LogP contribution in [0.2, 0.25) is 0 Å². The Kier molecular flexibility index (Phi) is 9.23. The number of ether oxygens (including phenoxy) is 4. The molecule has 3 heterocycles. The molecule has 1 N–H and O–H groups in total. The van der Waals surface area contributed by atoms with Crippen molar-refractivity contribution in [3.63, 3.8) is 0 Å². The summed E-state index contributed by atoms with van der Waals surface area (Å²) in [4.78, 5) is 17.1. The smallest absolute Gasteiger partial charge is 0.419 e. The van der Waals surface area contributed by atoms with Gasteiger partial charge in [0.2, 0.25) is 0 Å². The number of nitrogens with one attached hydrogen (secondary N) is 1. The van der Waals surface area contributed by atoms with Crippen molar-refractivity contribution in [2.24, 2.45) is 0 Å². The zero-order valence-electron chi connectivity index (χ0n) is 24.4. The quantitative estimate of drug-likeness (QED) is 0.339. The van der Waals surface area contributed by atoms with Crippen molar-refractivity contribution < 1.29 is 23.7 Å². The number of anilines is 2. The highest BCUT2D eigenvalue weighted by atomic mass is 16.6. The minimum Gasteiger partial charge on any atom is -0.490 e. The summed E-state index contributed by atoms with van der Waals surface area (Å²) < 4.78 is 23.5. The van der Waals surface area contributed by atoms with Crippen molar-refractivity contribution in [3.05, 3.63) is 83.4 Å². The van der Waals surface area contributed by atoms with E-state index >= 15 is 0 Å². The molecule has 0 saturated carbocycles. The van der Waals surface area contributed by atoms with Gasteiger partial charge in [-0.15, -0.1) is 0 Å². The van der Waals surface area contributed by atoms with Crippen molar-refractivity contribution in [2.45, 2.75) is 44.3 Å². The molecule has 0 aromatic heterocycles. The van der Waals surface area contributed by atoms with Gasteiger partial charge < -0.3 is 29.2 Å². The average molecular weight is 572 g/mol. The molecule has 0 bridgehead atoms. The molecule has 3 aromatic rings. The summed E-state index contributed by atoms with van der Waals surface area (Å²) in [6.45, 7) is 6.23. The lowest BCUT2D eigenvalue weighted by Crippen LogP contribution is -2.41. The zero-order chi connectivity index (χ0) is 28.7. The molecule has 1 saturated heterocycles. The number of para-hydroxylation sites is 1. The molecule has 2 atom stereocenters. The minimum absolute atomic E-state index is 0.0436. The third-order valence-electron chi connectivity index (χ3n) is 8.49. The van der Waals surface area contributed by atoms with Crippen LogP contribution in [-0.4, -0.2) is 65.2 Å². The number of aryl methyl sites for hydroxylation is 1. The van der Waals surface area contributed by atoms with E-state index in [4.69, 9.17) is 18.9 Å². The van der Waals surface area contributed by atoms with E-state index in [1.165, 1.54) is 11.1 Å². The Labute approximate surface area is 248 Å². The third kappa shape index (κ3) is 6.56. The fourth-order valence-electron chi connectivity index (χ4n) is 6.29. The molecule has 0 radical (unpaired) electrons. The topological polar surface area (TPSA) is 72.5 Å². The van der Waals surface area contributed by atoms with Crippen LogP contribution in [-0.2, 0) is 22.5 Å². The number of hydrogen-bond acceptors (Lipinski definition) is 7. The first-order valence-electron chi connectivity index (χ1n) is 15.2. The highest BCUT2D eigenvalue weighted by Crippen LogP contribution is 2.34. The van der Waals surface area contributed by atoms with Crippen LogP contribution in [0.25, 0.3) is 0 Å². The molecule has 3 aromatic carbocycles. The lowest BCUT2D eigenvalue weighted by Gasteiger charge is -2.33. The summed E-state index contributed by atoms with van der Waals surface area (Å²) in [6.07, 6.45) is 3.61. The van der Waals surface area contributed by atoms with E-state index in [2.05, 4.69) is 46.6 Å². The van der Waals surface area contributed by atoms with E-state index in [1.807, 2.05) is 30.3 Å². The number of piperidine rings is 1. The average Bonchev–Trinajstić information content (AvgIpc) is 3.04. The normalized spacial score (nSPS) is 19.9. The van der Waals surface area contributed by atoms with E-state index < -0.39 is 0 Å².